The fraction of sp³-hybridized carbons (Fsp3) is 0.917. The van der Waals surface area contributed by atoms with E-state index in [1.807, 2.05) is 11.8 Å². The summed E-state index contributed by atoms with van der Waals surface area (Å²) in [4.78, 5) is 12.6. The lowest BCUT2D eigenvalue weighted by Gasteiger charge is -2.42. The van der Waals surface area contributed by atoms with Crippen LogP contribution in [0.2, 0.25) is 0 Å². The van der Waals surface area contributed by atoms with Crippen LogP contribution >= 0.6 is 0 Å². The van der Waals surface area contributed by atoms with Crippen LogP contribution in [0.4, 0.5) is 0 Å². The predicted molar refractivity (Wildman–Crippen MR) is 75.1 cm³/mol. The van der Waals surface area contributed by atoms with Crippen molar-refractivity contribution >= 4 is 16.0 Å². The first-order chi connectivity index (χ1) is 9.30. The van der Waals surface area contributed by atoms with E-state index in [0.29, 0.717) is 19.4 Å². The third kappa shape index (κ3) is 4.69. The normalized spacial score (nSPS) is 24.4. The van der Waals surface area contributed by atoms with Crippen molar-refractivity contribution in [3.8, 4) is 0 Å². The monoisotopic (exact) mass is 308 g/mol. The number of carbonyl (C=O) groups is 1. The van der Waals surface area contributed by atoms with Crippen LogP contribution in [-0.2, 0) is 19.6 Å². The third-order valence-electron chi connectivity index (χ3n) is 3.64. The van der Waals surface area contributed by atoms with Gasteiger partial charge in [0.05, 0.1) is 18.4 Å². The van der Waals surface area contributed by atoms with Crippen molar-refractivity contribution in [3.63, 3.8) is 0 Å². The molecule has 118 valence electrons. The smallest absolute Gasteiger partial charge is 0.317 e. The molecule has 1 aliphatic carbocycles. The van der Waals surface area contributed by atoms with Crippen molar-refractivity contribution in [2.24, 2.45) is 0 Å². The van der Waals surface area contributed by atoms with Crippen molar-refractivity contribution in [1.29, 1.82) is 0 Å². The lowest BCUT2D eigenvalue weighted by Crippen LogP contribution is -2.56. The van der Waals surface area contributed by atoms with E-state index < -0.39 is 21.2 Å². The van der Waals surface area contributed by atoms with Crippen LogP contribution in [0.1, 0.15) is 26.7 Å². The molecule has 7 nitrogen and oxygen atoms in total. The Balaban J connectivity index is 2.43. The second kappa shape index (κ2) is 7.35. The molecule has 1 atom stereocenters. The molecule has 2 N–H and O–H groups in total. The molecule has 0 aromatic carbocycles. The van der Waals surface area contributed by atoms with Crippen molar-refractivity contribution in [1.82, 2.24) is 9.62 Å². The number of aliphatic carboxylic acids is 1. The number of likely N-dealkylation sites (N-methyl/N-ethyl adjacent to an activating group) is 1. The van der Waals surface area contributed by atoms with E-state index in [9.17, 15) is 13.2 Å². The molecule has 1 rings (SSSR count). The summed E-state index contributed by atoms with van der Waals surface area (Å²) in [6, 6.07) is 0.0358. The highest BCUT2D eigenvalue weighted by atomic mass is 32.2. The average Bonchev–Trinajstić information content (AvgIpc) is 2.30. The van der Waals surface area contributed by atoms with Crippen molar-refractivity contribution < 1.29 is 23.1 Å². The molecule has 0 saturated heterocycles. The van der Waals surface area contributed by atoms with E-state index in [4.69, 9.17) is 9.84 Å². The SMILES string of the molecule is CCN(CC(=O)O)C1CC(NS(=O)(=O)C(C)COC)C1. The number of nitrogens with one attached hydrogen (secondary N) is 1. The predicted octanol–water partition coefficient (Wildman–Crippen LogP) is -0.122. The zero-order valence-electron chi connectivity index (χ0n) is 12.2. The van der Waals surface area contributed by atoms with Gasteiger partial charge in [-0.05, 0) is 26.3 Å². The first kappa shape index (κ1) is 17.4. The molecule has 8 heteroatoms. The molecule has 0 aromatic heterocycles. The Kier molecular flexibility index (Phi) is 6.38. The number of carboxylic acids is 1. The number of rotatable bonds is 9. The first-order valence-electron chi connectivity index (χ1n) is 6.76. The van der Waals surface area contributed by atoms with E-state index in [1.165, 1.54) is 7.11 Å². The molecule has 0 radical (unpaired) electrons. The highest BCUT2D eigenvalue weighted by Crippen LogP contribution is 2.26. The second-order valence-corrected chi connectivity index (χ2v) is 7.34. The molecule has 1 saturated carbocycles. The van der Waals surface area contributed by atoms with Crippen molar-refractivity contribution in [2.45, 2.75) is 44.0 Å². The molecule has 20 heavy (non-hydrogen) atoms. The number of sulfonamides is 1. The first-order valence-corrected chi connectivity index (χ1v) is 8.30. The topological polar surface area (TPSA) is 95.9 Å². The summed E-state index contributed by atoms with van der Waals surface area (Å²) in [6.07, 6.45) is 1.31. The maximum Gasteiger partial charge on any atom is 0.317 e. The van der Waals surface area contributed by atoms with Gasteiger partial charge >= 0.3 is 5.97 Å². The third-order valence-corrected chi connectivity index (χ3v) is 5.49. The Morgan fingerprint density at radius 1 is 1.50 bits per heavy atom. The molecular weight excluding hydrogens is 284 g/mol. The Morgan fingerprint density at radius 3 is 2.55 bits per heavy atom. The fourth-order valence-electron chi connectivity index (χ4n) is 2.33. The minimum atomic E-state index is -3.37. The van der Waals surface area contributed by atoms with Gasteiger partial charge in [0.1, 0.15) is 0 Å². The maximum atomic E-state index is 11.9. The minimum Gasteiger partial charge on any atom is -0.480 e. The Hall–Kier alpha value is -0.700. The summed E-state index contributed by atoms with van der Waals surface area (Å²) in [5, 5.41) is 8.21. The number of ether oxygens (including phenoxy) is 1. The Labute approximate surface area is 120 Å². The van der Waals surface area contributed by atoms with Crippen molar-refractivity contribution in [3.05, 3.63) is 0 Å². The van der Waals surface area contributed by atoms with Gasteiger partial charge in [-0.25, -0.2) is 13.1 Å². The van der Waals surface area contributed by atoms with Crippen LogP contribution in [0.25, 0.3) is 0 Å². The van der Waals surface area contributed by atoms with Gasteiger partial charge in [-0.1, -0.05) is 6.92 Å². The van der Waals surface area contributed by atoms with E-state index in [-0.39, 0.29) is 25.2 Å². The molecule has 1 aliphatic rings. The van der Waals surface area contributed by atoms with Crippen LogP contribution in [0, 0.1) is 0 Å². The van der Waals surface area contributed by atoms with E-state index >= 15 is 0 Å². The second-order valence-electron chi connectivity index (χ2n) is 5.21. The van der Waals surface area contributed by atoms with Crippen LogP contribution in [0.3, 0.4) is 0 Å². The minimum absolute atomic E-state index is 0.000708. The molecule has 0 spiro atoms. The van der Waals surface area contributed by atoms with Crippen LogP contribution in [0.5, 0.6) is 0 Å². The standard InChI is InChI=1S/C12H24N2O5S/c1-4-14(7-12(15)16)11-5-10(6-11)13-20(17,18)9(2)8-19-3/h9-11,13H,4-8H2,1-3H3,(H,15,16). The van der Waals surface area contributed by atoms with Gasteiger partial charge in [0.2, 0.25) is 10.0 Å². The van der Waals surface area contributed by atoms with Gasteiger partial charge in [0.15, 0.2) is 0 Å². The number of hydrogen-bond acceptors (Lipinski definition) is 5. The Bertz CT molecular complexity index is 420. The highest BCUT2D eigenvalue weighted by molar-refractivity contribution is 7.90. The number of hydrogen-bond donors (Lipinski definition) is 2. The van der Waals surface area contributed by atoms with Gasteiger partial charge in [-0.3, -0.25) is 9.69 Å². The largest absolute Gasteiger partial charge is 0.480 e. The summed E-state index contributed by atoms with van der Waals surface area (Å²) in [6.45, 7) is 4.31. The number of nitrogens with zero attached hydrogens (tertiary/aromatic N) is 1. The van der Waals surface area contributed by atoms with Gasteiger partial charge in [0, 0.05) is 19.2 Å². The molecule has 1 unspecified atom stereocenters. The highest BCUT2D eigenvalue weighted by Gasteiger charge is 2.37. The quantitative estimate of drug-likeness (QED) is 0.616. The summed E-state index contributed by atoms with van der Waals surface area (Å²) in [5.41, 5.74) is 0. The molecule has 0 bridgehead atoms. The van der Waals surface area contributed by atoms with Crippen LogP contribution in [0.15, 0.2) is 0 Å². The van der Waals surface area contributed by atoms with E-state index in [1.54, 1.807) is 6.92 Å². The zero-order valence-corrected chi connectivity index (χ0v) is 13.0. The lowest BCUT2D eigenvalue weighted by atomic mass is 9.86. The summed E-state index contributed by atoms with van der Waals surface area (Å²) in [5.74, 6) is -0.857. The van der Waals surface area contributed by atoms with Gasteiger partial charge in [0.25, 0.3) is 0 Å². The van der Waals surface area contributed by atoms with Crippen LogP contribution < -0.4 is 4.72 Å². The van der Waals surface area contributed by atoms with Crippen LogP contribution in [-0.4, -0.2) is 68.5 Å². The molecule has 1 fully saturated rings. The molecular formula is C12H24N2O5S. The van der Waals surface area contributed by atoms with Gasteiger partial charge in [-0.2, -0.15) is 0 Å². The summed E-state index contributed by atoms with van der Waals surface area (Å²) < 4.78 is 31.4. The van der Waals surface area contributed by atoms with E-state index in [0.717, 1.165) is 0 Å². The summed E-state index contributed by atoms with van der Waals surface area (Å²) >= 11 is 0. The Morgan fingerprint density at radius 2 is 2.10 bits per heavy atom. The number of methoxy groups -OCH3 is 1. The molecule has 0 amide bonds. The fourth-order valence-corrected chi connectivity index (χ4v) is 3.53. The molecule has 0 aliphatic heterocycles. The van der Waals surface area contributed by atoms with Crippen molar-refractivity contribution in [2.75, 3.05) is 26.8 Å². The molecule has 0 aromatic rings. The zero-order chi connectivity index (χ0) is 15.3. The van der Waals surface area contributed by atoms with Gasteiger partial charge in [-0.15, -0.1) is 0 Å². The average molecular weight is 308 g/mol. The van der Waals surface area contributed by atoms with E-state index in [2.05, 4.69) is 4.72 Å². The van der Waals surface area contributed by atoms with Gasteiger partial charge < -0.3 is 9.84 Å². The summed E-state index contributed by atoms with van der Waals surface area (Å²) in [7, 11) is -1.90. The number of carboxylic acid groups (broad SMARTS) is 1. The molecule has 0 heterocycles. The maximum absolute atomic E-state index is 11.9. The lowest BCUT2D eigenvalue weighted by molar-refractivity contribution is -0.139.